The second kappa shape index (κ2) is 8.28. The van der Waals surface area contributed by atoms with E-state index in [9.17, 15) is 4.79 Å². The van der Waals surface area contributed by atoms with Gasteiger partial charge in [0.05, 0.1) is 27.9 Å². The normalized spacial score (nSPS) is 10.1. The zero-order chi connectivity index (χ0) is 18.4. The summed E-state index contributed by atoms with van der Waals surface area (Å²) in [6.07, 6.45) is 0. The summed E-state index contributed by atoms with van der Waals surface area (Å²) in [7, 11) is 4.60. The van der Waals surface area contributed by atoms with Gasteiger partial charge in [0, 0.05) is 23.5 Å². The third-order valence-corrected chi connectivity index (χ3v) is 3.91. The van der Waals surface area contributed by atoms with Crippen LogP contribution in [-0.4, -0.2) is 33.8 Å². The molecule has 134 valence electrons. The number of benzene rings is 2. The number of rotatable bonds is 7. The molecule has 0 unspecified atom stereocenters. The van der Waals surface area contributed by atoms with Crippen molar-refractivity contribution in [2.45, 2.75) is 13.8 Å². The van der Waals surface area contributed by atoms with Crippen LogP contribution in [-0.2, 0) is 4.79 Å². The zero-order valence-electron chi connectivity index (χ0n) is 15.2. The van der Waals surface area contributed by atoms with Crippen LogP contribution >= 0.6 is 0 Å². The third-order valence-electron chi connectivity index (χ3n) is 3.91. The van der Waals surface area contributed by atoms with Gasteiger partial charge in [-0.15, -0.1) is 0 Å². The van der Waals surface area contributed by atoms with Crippen LogP contribution in [0.4, 0.5) is 11.4 Å². The van der Waals surface area contributed by atoms with Crippen molar-refractivity contribution >= 4 is 17.3 Å². The molecular formula is C19H24N2O4. The molecule has 0 aliphatic rings. The molecule has 0 spiro atoms. The molecule has 0 bridgehead atoms. The summed E-state index contributed by atoms with van der Waals surface area (Å²) in [6.45, 7) is 4.24. The molecule has 0 atom stereocenters. The average Bonchev–Trinajstić information content (AvgIpc) is 2.61. The van der Waals surface area contributed by atoms with Crippen LogP contribution in [0.15, 0.2) is 30.3 Å². The van der Waals surface area contributed by atoms with Crippen LogP contribution in [0.5, 0.6) is 17.2 Å². The summed E-state index contributed by atoms with van der Waals surface area (Å²) in [6, 6.07) is 9.37. The van der Waals surface area contributed by atoms with E-state index in [1.807, 2.05) is 25.1 Å². The molecular weight excluding hydrogens is 320 g/mol. The minimum atomic E-state index is -0.174. The van der Waals surface area contributed by atoms with Crippen molar-refractivity contribution in [3.63, 3.8) is 0 Å². The van der Waals surface area contributed by atoms with Crippen molar-refractivity contribution in [3.05, 3.63) is 41.5 Å². The number of aryl methyl sites for hydroxylation is 2. The fraction of sp³-hybridized carbons (Fsp3) is 0.316. The maximum atomic E-state index is 12.2. The zero-order valence-corrected chi connectivity index (χ0v) is 15.2. The average molecular weight is 344 g/mol. The van der Waals surface area contributed by atoms with Crippen molar-refractivity contribution in [2.24, 2.45) is 0 Å². The first-order valence-electron chi connectivity index (χ1n) is 7.89. The Labute approximate surface area is 148 Å². The van der Waals surface area contributed by atoms with E-state index < -0.39 is 0 Å². The Kier molecular flexibility index (Phi) is 6.11. The summed E-state index contributed by atoms with van der Waals surface area (Å²) < 4.78 is 15.8. The van der Waals surface area contributed by atoms with E-state index in [1.54, 1.807) is 12.1 Å². The number of carbonyl (C=O) groups is 1. The number of nitrogens with one attached hydrogen (secondary N) is 2. The van der Waals surface area contributed by atoms with Crippen LogP contribution in [0.2, 0.25) is 0 Å². The summed E-state index contributed by atoms with van der Waals surface area (Å²) in [5.74, 6) is 1.28. The molecule has 2 aromatic carbocycles. The van der Waals surface area contributed by atoms with E-state index in [2.05, 4.69) is 17.6 Å². The lowest BCUT2D eigenvalue weighted by Gasteiger charge is -2.15. The molecule has 0 saturated carbocycles. The third kappa shape index (κ3) is 4.56. The minimum Gasteiger partial charge on any atom is -0.493 e. The van der Waals surface area contributed by atoms with Gasteiger partial charge in [0.15, 0.2) is 11.5 Å². The number of hydrogen-bond donors (Lipinski definition) is 2. The summed E-state index contributed by atoms with van der Waals surface area (Å²) >= 11 is 0. The Morgan fingerprint density at radius 1 is 0.880 bits per heavy atom. The van der Waals surface area contributed by atoms with Gasteiger partial charge in [0.2, 0.25) is 11.7 Å². The maximum absolute atomic E-state index is 12.2. The van der Waals surface area contributed by atoms with Gasteiger partial charge in [0.25, 0.3) is 0 Å². The highest BCUT2D eigenvalue weighted by Gasteiger charge is 2.14. The Balaban J connectivity index is 2.05. The predicted octanol–water partition coefficient (Wildman–Crippen LogP) is 3.38. The molecule has 6 nitrogen and oxygen atoms in total. The lowest BCUT2D eigenvalue weighted by molar-refractivity contribution is -0.114. The smallest absolute Gasteiger partial charge is 0.243 e. The van der Waals surface area contributed by atoms with Gasteiger partial charge in [-0.1, -0.05) is 6.07 Å². The van der Waals surface area contributed by atoms with E-state index in [0.29, 0.717) is 22.9 Å². The number of methoxy groups -OCH3 is 3. The van der Waals surface area contributed by atoms with Crippen LogP contribution in [0, 0.1) is 13.8 Å². The fourth-order valence-corrected chi connectivity index (χ4v) is 2.39. The van der Waals surface area contributed by atoms with E-state index in [1.165, 1.54) is 32.5 Å². The molecule has 25 heavy (non-hydrogen) atoms. The first kappa shape index (κ1) is 18.4. The standard InChI is InChI=1S/C19H24N2O4/c1-12-6-7-14(8-13(12)2)20-11-18(22)21-15-9-16(23-3)19(25-5)17(10-15)24-4/h6-10,20H,11H2,1-5H3,(H,21,22). The van der Waals surface area contributed by atoms with Crippen molar-refractivity contribution in [1.29, 1.82) is 0 Å². The van der Waals surface area contributed by atoms with Crippen LogP contribution in [0.3, 0.4) is 0 Å². The lowest BCUT2D eigenvalue weighted by Crippen LogP contribution is -2.21. The van der Waals surface area contributed by atoms with Gasteiger partial charge in [-0.2, -0.15) is 0 Å². The number of anilines is 2. The van der Waals surface area contributed by atoms with Gasteiger partial charge in [-0.3, -0.25) is 4.79 Å². The molecule has 0 heterocycles. The monoisotopic (exact) mass is 344 g/mol. The Morgan fingerprint density at radius 2 is 1.52 bits per heavy atom. The Bertz CT molecular complexity index is 734. The van der Waals surface area contributed by atoms with Crippen LogP contribution in [0.25, 0.3) is 0 Å². The number of ether oxygens (including phenoxy) is 3. The largest absolute Gasteiger partial charge is 0.493 e. The van der Waals surface area contributed by atoms with Crippen molar-refractivity contribution < 1.29 is 19.0 Å². The number of hydrogen-bond acceptors (Lipinski definition) is 5. The highest BCUT2D eigenvalue weighted by Crippen LogP contribution is 2.39. The summed E-state index contributed by atoms with van der Waals surface area (Å²) in [5.41, 5.74) is 3.87. The van der Waals surface area contributed by atoms with E-state index >= 15 is 0 Å². The van der Waals surface area contributed by atoms with Crippen LogP contribution in [0.1, 0.15) is 11.1 Å². The minimum absolute atomic E-state index is 0.152. The van der Waals surface area contributed by atoms with E-state index in [-0.39, 0.29) is 12.5 Å². The number of carbonyl (C=O) groups excluding carboxylic acids is 1. The number of amides is 1. The molecule has 2 rings (SSSR count). The summed E-state index contributed by atoms with van der Waals surface area (Å²) in [5, 5.41) is 5.94. The predicted molar refractivity (Wildman–Crippen MR) is 99.1 cm³/mol. The summed E-state index contributed by atoms with van der Waals surface area (Å²) in [4.78, 5) is 12.2. The molecule has 1 amide bonds. The Hall–Kier alpha value is -2.89. The van der Waals surface area contributed by atoms with Gasteiger partial charge in [-0.05, 0) is 37.1 Å². The Morgan fingerprint density at radius 3 is 2.04 bits per heavy atom. The molecule has 0 aromatic heterocycles. The van der Waals surface area contributed by atoms with Crippen molar-refractivity contribution in [2.75, 3.05) is 38.5 Å². The first-order chi connectivity index (χ1) is 12.0. The van der Waals surface area contributed by atoms with Gasteiger partial charge >= 0.3 is 0 Å². The molecule has 2 N–H and O–H groups in total. The maximum Gasteiger partial charge on any atom is 0.243 e. The molecule has 6 heteroatoms. The van der Waals surface area contributed by atoms with Crippen molar-refractivity contribution in [1.82, 2.24) is 0 Å². The topological polar surface area (TPSA) is 68.8 Å². The second-order valence-electron chi connectivity index (χ2n) is 5.61. The molecule has 0 radical (unpaired) electrons. The van der Waals surface area contributed by atoms with E-state index in [0.717, 1.165) is 5.69 Å². The van der Waals surface area contributed by atoms with Gasteiger partial charge in [-0.25, -0.2) is 0 Å². The molecule has 0 aliphatic heterocycles. The highest BCUT2D eigenvalue weighted by atomic mass is 16.5. The fourth-order valence-electron chi connectivity index (χ4n) is 2.39. The molecule has 0 saturated heterocycles. The molecule has 0 aliphatic carbocycles. The molecule has 2 aromatic rings. The van der Waals surface area contributed by atoms with Gasteiger partial charge in [0.1, 0.15) is 0 Å². The first-order valence-corrected chi connectivity index (χ1v) is 7.89. The van der Waals surface area contributed by atoms with Gasteiger partial charge < -0.3 is 24.8 Å². The van der Waals surface area contributed by atoms with E-state index in [4.69, 9.17) is 14.2 Å². The molecule has 0 fully saturated rings. The SMILES string of the molecule is COc1cc(NC(=O)CNc2ccc(C)c(C)c2)cc(OC)c1OC. The second-order valence-corrected chi connectivity index (χ2v) is 5.61. The van der Waals surface area contributed by atoms with Crippen LogP contribution < -0.4 is 24.8 Å². The quantitative estimate of drug-likeness (QED) is 0.806. The lowest BCUT2D eigenvalue weighted by atomic mass is 10.1. The highest BCUT2D eigenvalue weighted by molar-refractivity contribution is 5.94. The van der Waals surface area contributed by atoms with Crippen molar-refractivity contribution in [3.8, 4) is 17.2 Å².